The van der Waals surface area contributed by atoms with Crippen molar-refractivity contribution in [1.82, 2.24) is 20.5 Å². The molecule has 1 aliphatic rings. The van der Waals surface area contributed by atoms with Gasteiger partial charge in [-0.2, -0.15) is 0 Å². The van der Waals surface area contributed by atoms with E-state index < -0.39 is 18.5 Å². The van der Waals surface area contributed by atoms with Crippen LogP contribution in [0.4, 0.5) is 21.2 Å². The second-order valence-electron chi connectivity index (χ2n) is 9.42. The highest BCUT2D eigenvalue weighted by atomic mass is 16.5. The van der Waals surface area contributed by atoms with Gasteiger partial charge in [0.15, 0.2) is 24.1 Å². The second-order valence-corrected chi connectivity index (χ2v) is 9.42. The van der Waals surface area contributed by atoms with Crippen molar-refractivity contribution >= 4 is 23.7 Å². The summed E-state index contributed by atoms with van der Waals surface area (Å²) in [5.41, 5.74) is -0.348. The van der Waals surface area contributed by atoms with Crippen molar-refractivity contribution < 1.29 is 28.8 Å². The summed E-state index contributed by atoms with van der Waals surface area (Å²) in [6, 6.07) is 2.48. The lowest BCUT2D eigenvalue weighted by molar-refractivity contribution is -0.0184. The maximum Gasteiger partial charge on any atom is 0.329 e. The smallest absolute Gasteiger partial charge is 0.329 e. The number of carbonyl (C=O) groups excluding carboxylic acids is 2. The van der Waals surface area contributed by atoms with E-state index in [1.54, 1.807) is 19.2 Å². The number of carbonyl (C=O) groups is 2. The molecule has 0 saturated carbocycles. The summed E-state index contributed by atoms with van der Waals surface area (Å²) in [7, 11) is 2.95. The largest absolute Gasteiger partial charge is 0.369 e. The molecule has 2 aromatic heterocycles. The third-order valence-electron chi connectivity index (χ3n) is 4.64. The summed E-state index contributed by atoms with van der Waals surface area (Å²) in [5, 5.41) is 31.8. The van der Waals surface area contributed by atoms with Gasteiger partial charge in [0.25, 0.3) is 0 Å². The first-order valence-electron chi connectivity index (χ1n) is 10.0. The molecule has 3 heterocycles. The van der Waals surface area contributed by atoms with Crippen LogP contribution in [-0.2, 0) is 10.8 Å². The quantitative estimate of drug-likeness (QED) is 0.540. The Hall–Kier alpha value is -3.12. The Morgan fingerprint density at radius 1 is 1.00 bits per heavy atom. The highest BCUT2D eigenvalue weighted by Crippen LogP contribution is 2.30. The van der Waals surface area contributed by atoms with Gasteiger partial charge in [-0.25, -0.2) is 14.5 Å². The lowest BCUT2D eigenvalue weighted by Gasteiger charge is -2.16. The van der Waals surface area contributed by atoms with Crippen LogP contribution in [0.15, 0.2) is 21.2 Å². The molecule has 0 spiro atoms. The molecular formula is C20H32N6O6. The first-order chi connectivity index (χ1) is 14.7. The van der Waals surface area contributed by atoms with Gasteiger partial charge in [0.1, 0.15) is 11.5 Å². The SMILES string of the molecule is CN1C(=O)N(c2cc(C(C)(C)C)on2)C(O)C1O.CNC(=O)Nc1cc(C(C)(C)C)on1. The van der Waals surface area contributed by atoms with Gasteiger partial charge < -0.3 is 24.6 Å². The molecule has 2 atom stereocenters. The van der Waals surface area contributed by atoms with Crippen molar-refractivity contribution in [2.24, 2.45) is 0 Å². The fraction of sp³-hybridized carbons (Fsp3) is 0.600. The van der Waals surface area contributed by atoms with Crippen LogP contribution in [0.3, 0.4) is 0 Å². The van der Waals surface area contributed by atoms with Crippen LogP contribution in [0.25, 0.3) is 0 Å². The number of aliphatic hydroxyl groups is 2. The Labute approximate surface area is 186 Å². The lowest BCUT2D eigenvalue weighted by Crippen LogP contribution is -2.36. The molecule has 4 amide bonds. The summed E-state index contributed by atoms with van der Waals surface area (Å²) in [5.74, 6) is 1.96. The lowest BCUT2D eigenvalue weighted by atomic mass is 9.93. The van der Waals surface area contributed by atoms with Gasteiger partial charge in [-0.15, -0.1) is 0 Å². The summed E-state index contributed by atoms with van der Waals surface area (Å²) in [4.78, 5) is 24.8. The van der Waals surface area contributed by atoms with Crippen molar-refractivity contribution in [3.05, 3.63) is 23.7 Å². The Kier molecular flexibility index (Phi) is 7.20. The van der Waals surface area contributed by atoms with Crippen molar-refractivity contribution in [1.29, 1.82) is 0 Å². The number of urea groups is 2. The van der Waals surface area contributed by atoms with Gasteiger partial charge in [-0.1, -0.05) is 51.9 Å². The fourth-order valence-corrected chi connectivity index (χ4v) is 2.56. The number of amides is 4. The van der Waals surface area contributed by atoms with E-state index in [1.807, 2.05) is 41.5 Å². The third kappa shape index (κ3) is 5.56. The van der Waals surface area contributed by atoms with Gasteiger partial charge in [-0.05, 0) is 0 Å². The first-order valence-corrected chi connectivity index (χ1v) is 10.0. The number of rotatable bonds is 2. The van der Waals surface area contributed by atoms with E-state index in [-0.39, 0.29) is 22.7 Å². The predicted octanol–water partition coefficient (Wildman–Crippen LogP) is 2.20. The maximum absolute atomic E-state index is 11.8. The Morgan fingerprint density at radius 3 is 1.94 bits per heavy atom. The van der Waals surface area contributed by atoms with Gasteiger partial charge >= 0.3 is 12.1 Å². The van der Waals surface area contributed by atoms with E-state index in [0.29, 0.717) is 11.6 Å². The average Bonchev–Trinajstić information content (AvgIpc) is 3.39. The van der Waals surface area contributed by atoms with Gasteiger partial charge in [-0.3, -0.25) is 10.2 Å². The molecule has 0 bridgehead atoms. The Bertz CT molecular complexity index is 941. The van der Waals surface area contributed by atoms with Crippen molar-refractivity contribution in [3.63, 3.8) is 0 Å². The molecule has 32 heavy (non-hydrogen) atoms. The standard InChI is InChI=1S/C11H17N3O4.C9H15N3O2/c1-11(2,3)6-5-7(12-18-6)14-9(16)8(15)13(4)10(14)17;1-9(2,3)6-5-7(12-14-6)11-8(13)10-4/h5,8-9,15-16H,1-4H3;5H,1-4H3,(H2,10,11,12,13). The summed E-state index contributed by atoms with van der Waals surface area (Å²) < 4.78 is 10.2. The molecule has 0 aliphatic carbocycles. The number of aromatic nitrogens is 2. The van der Waals surface area contributed by atoms with Crippen LogP contribution in [0.2, 0.25) is 0 Å². The van der Waals surface area contributed by atoms with Crippen LogP contribution in [0.5, 0.6) is 0 Å². The number of hydrogen-bond donors (Lipinski definition) is 4. The molecule has 12 heteroatoms. The zero-order valence-electron chi connectivity index (χ0n) is 19.6. The number of likely N-dealkylation sites (N-methyl/N-ethyl adjacent to an activating group) is 1. The van der Waals surface area contributed by atoms with E-state index in [1.165, 1.54) is 7.05 Å². The van der Waals surface area contributed by atoms with Gasteiger partial charge in [0.05, 0.1) is 0 Å². The van der Waals surface area contributed by atoms with Gasteiger partial charge in [0.2, 0.25) is 0 Å². The Morgan fingerprint density at radius 2 is 1.53 bits per heavy atom. The number of hydrogen-bond acceptors (Lipinski definition) is 8. The van der Waals surface area contributed by atoms with Crippen LogP contribution in [0, 0.1) is 0 Å². The van der Waals surface area contributed by atoms with Crippen molar-refractivity contribution in [2.75, 3.05) is 24.3 Å². The van der Waals surface area contributed by atoms with Crippen LogP contribution in [0.1, 0.15) is 53.1 Å². The zero-order chi connectivity index (χ0) is 24.4. The molecular weight excluding hydrogens is 420 g/mol. The van der Waals surface area contributed by atoms with E-state index in [2.05, 4.69) is 20.9 Å². The number of nitrogens with one attached hydrogen (secondary N) is 2. The predicted molar refractivity (Wildman–Crippen MR) is 116 cm³/mol. The average molecular weight is 453 g/mol. The van der Waals surface area contributed by atoms with E-state index in [4.69, 9.17) is 9.05 Å². The van der Waals surface area contributed by atoms with Gasteiger partial charge in [0, 0.05) is 37.1 Å². The van der Waals surface area contributed by atoms with Crippen LogP contribution < -0.4 is 15.5 Å². The Balaban J connectivity index is 0.000000235. The van der Waals surface area contributed by atoms with Crippen LogP contribution in [-0.4, -0.2) is 64.0 Å². The molecule has 3 rings (SSSR count). The first kappa shape index (κ1) is 25.1. The molecule has 1 saturated heterocycles. The minimum Gasteiger partial charge on any atom is -0.369 e. The molecule has 2 aromatic rings. The number of anilines is 2. The minimum absolute atomic E-state index is 0.102. The summed E-state index contributed by atoms with van der Waals surface area (Å²) in [6.45, 7) is 11.9. The molecule has 1 aliphatic heterocycles. The van der Waals surface area contributed by atoms with E-state index in [9.17, 15) is 19.8 Å². The summed E-state index contributed by atoms with van der Waals surface area (Å²) in [6.07, 6.45) is -2.62. The van der Waals surface area contributed by atoms with Crippen LogP contribution >= 0.6 is 0 Å². The monoisotopic (exact) mass is 452 g/mol. The maximum atomic E-state index is 11.8. The second kappa shape index (κ2) is 9.17. The molecule has 4 N–H and O–H groups in total. The zero-order valence-corrected chi connectivity index (χ0v) is 19.6. The van der Waals surface area contributed by atoms with E-state index in [0.717, 1.165) is 15.6 Å². The van der Waals surface area contributed by atoms with Crippen molar-refractivity contribution in [3.8, 4) is 0 Å². The highest BCUT2D eigenvalue weighted by molar-refractivity contribution is 5.93. The molecule has 1 fully saturated rings. The molecule has 2 unspecified atom stereocenters. The van der Waals surface area contributed by atoms with E-state index >= 15 is 0 Å². The third-order valence-corrected chi connectivity index (χ3v) is 4.64. The number of nitrogens with zero attached hydrogens (tertiary/aromatic N) is 4. The highest BCUT2D eigenvalue weighted by Gasteiger charge is 2.44. The normalized spacial score (nSPS) is 19.0. The molecule has 178 valence electrons. The molecule has 0 aromatic carbocycles. The van der Waals surface area contributed by atoms with Crippen molar-refractivity contribution in [2.45, 2.75) is 64.8 Å². The number of aliphatic hydroxyl groups excluding tert-OH is 2. The topological polar surface area (TPSA) is 157 Å². The molecule has 12 nitrogen and oxygen atoms in total. The molecule has 0 radical (unpaired) electrons. The fourth-order valence-electron chi connectivity index (χ4n) is 2.56. The minimum atomic E-state index is -1.35. The summed E-state index contributed by atoms with van der Waals surface area (Å²) >= 11 is 0.